The van der Waals surface area contributed by atoms with Crippen molar-refractivity contribution in [3.63, 3.8) is 0 Å². The number of hydrogen-bond donors (Lipinski definition) is 1. The molecular weight excluding hydrogens is 308 g/mol. The van der Waals surface area contributed by atoms with E-state index in [0.717, 1.165) is 10.0 Å². The molecule has 19 heavy (non-hydrogen) atoms. The number of halogens is 1. The molecule has 2 rings (SSSR count). The van der Waals surface area contributed by atoms with E-state index in [1.54, 1.807) is 24.1 Å². The van der Waals surface area contributed by atoms with Crippen LogP contribution in [-0.4, -0.2) is 28.1 Å². The van der Waals surface area contributed by atoms with Gasteiger partial charge in [-0.25, -0.2) is 0 Å². The summed E-state index contributed by atoms with van der Waals surface area (Å²) in [6.45, 7) is 0.504. The minimum Gasteiger partial charge on any atom is -0.382 e. The maximum atomic E-state index is 12.1. The van der Waals surface area contributed by atoms with Crippen LogP contribution < -0.4 is 5.73 Å². The van der Waals surface area contributed by atoms with Crippen molar-refractivity contribution in [1.82, 2.24) is 15.1 Å². The molecule has 1 aromatic heterocycles. The molecule has 0 radical (unpaired) electrons. The molecule has 2 N–H and O–H groups in total. The van der Waals surface area contributed by atoms with E-state index < -0.39 is 0 Å². The van der Waals surface area contributed by atoms with Crippen LogP contribution in [0.1, 0.15) is 16.1 Å². The van der Waals surface area contributed by atoms with Gasteiger partial charge in [-0.3, -0.25) is 4.79 Å². The van der Waals surface area contributed by atoms with Crippen LogP contribution in [0.25, 0.3) is 0 Å². The van der Waals surface area contributed by atoms with Gasteiger partial charge < -0.3 is 10.6 Å². The number of nitrogen functional groups attached to an aromatic ring is 1. The normalized spacial score (nSPS) is 10.2. The molecule has 0 saturated carbocycles. The smallest absolute Gasteiger partial charge is 0.274 e. The van der Waals surface area contributed by atoms with Gasteiger partial charge in [0.25, 0.3) is 5.91 Å². The molecule has 1 aromatic carbocycles. The van der Waals surface area contributed by atoms with Gasteiger partial charge in [-0.05, 0) is 29.8 Å². The van der Waals surface area contributed by atoms with Crippen LogP contribution in [0.3, 0.4) is 0 Å². The monoisotopic (exact) mass is 320 g/mol. The predicted octanol–water partition coefficient (Wildman–Crippen LogP) is 2.09. The fraction of sp³-hybridized carbons (Fsp3) is 0.154. The first-order valence-electron chi connectivity index (χ1n) is 5.65. The fourth-order valence-corrected chi connectivity index (χ4v) is 2.08. The summed E-state index contributed by atoms with van der Waals surface area (Å²) in [5, 5.41) is 7.46. The van der Waals surface area contributed by atoms with Gasteiger partial charge in [0.05, 0.1) is 0 Å². The number of rotatable bonds is 3. The van der Waals surface area contributed by atoms with Gasteiger partial charge in [0, 0.05) is 18.1 Å². The highest BCUT2D eigenvalue weighted by Gasteiger charge is 2.13. The molecule has 0 atom stereocenters. The van der Waals surface area contributed by atoms with E-state index in [1.165, 1.54) is 0 Å². The summed E-state index contributed by atoms with van der Waals surface area (Å²) in [4.78, 5) is 13.7. The summed E-state index contributed by atoms with van der Waals surface area (Å²) in [5.41, 5.74) is 6.76. The molecule has 5 nitrogen and oxygen atoms in total. The van der Waals surface area contributed by atoms with Crippen molar-refractivity contribution in [2.24, 2.45) is 0 Å². The summed E-state index contributed by atoms with van der Waals surface area (Å²) < 4.78 is 0.984. The molecular formula is C13H13BrN4O. The molecule has 1 heterocycles. The van der Waals surface area contributed by atoms with E-state index >= 15 is 0 Å². The Labute approximate surface area is 119 Å². The quantitative estimate of drug-likeness (QED) is 0.940. The second-order valence-electron chi connectivity index (χ2n) is 4.13. The van der Waals surface area contributed by atoms with Crippen molar-refractivity contribution in [3.05, 3.63) is 52.1 Å². The highest BCUT2D eigenvalue weighted by molar-refractivity contribution is 9.10. The Kier molecular flexibility index (Phi) is 4.11. The molecule has 0 bridgehead atoms. The van der Waals surface area contributed by atoms with Crippen molar-refractivity contribution in [2.75, 3.05) is 12.8 Å². The fourth-order valence-electron chi connectivity index (χ4n) is 1.63. The molecule has 0 aliphatic rings. The average molecular weight is 321 g/mol. The first kappa shape index (κ1) is 13.5. The van der Waals surface area contributed by atoms with Crippen molar-refractivity contribution >= 4 is 27.7 Å². The van der Waals surface area contributed by atoms with Crippen LogP contribution in [0.4, 0.5) is 5.82 Å². The lowest BCUT2D eigenvalue weighted by Gasteiger charge is -2.16. The Hall–Kier alpha value is -1.95. The minimum atomic E-state index is -0.188. The first-order valence-corrected chi connectivity index (χ1v) is 6.44. The number of carbonyl (C=O) groups excluding carboxylic acids is 1. The Balaban J connectivity index is 2.09. The number of aromatic nitrogens is 2. The molecule has 0 fully saturated rings. The lowest BCUT2D eigenvalue weighted by atomic mass is 10.2. The Morgan fingerprint density at radius 2 is 2.11 bits per heavy atom. The Morgan fingerprint density at radius 3 is 2.74 bits per heavy atom. The molecule has 0 aliphatic carbocycles. The van der Waals surface area contributed by atoms with Crippen LogP contribution in [0.15, 0.2) is 40.9 Å². The third-order valence-electron chi connectivity index (χ3n) is 2.56. The number of benzene rings is 1. The summed E-state index contributed by atoms with van der Waals surface area (Å²) in [7, 11) is 1.72. The van der Waals surface area contributed by atoms with E-state index in [1.807, 2.05) is 24.3 Å². The Morgan fingerprint density at radius 1 is 1.32 bits per heavy atom. The van der Waals surface area contributed by atoms with Crippen LogP contribution in [0, 0.1) is 0 Å². The maximum absolute atomic E-state index is 12.1. The van der Waals surface area contributed by atoms with Crippen LogP contribution in [0.5, 0.6) is 0 Å². The van der Waals surface area contributed by atoms with Gasteiger partial charge in [-0.1, -0.05) is 28.1 Å². The lowest BCUT2D eigenvalue weighted by Crippen LogP contribution is -2.27. The number of nitrogens with two attached hydrogens (primary N) is 1. The van der Waals surface area contributed by atoms with E-state index in [-0.39, 0.29) is 11.6 Å². The van der Waals surface area contributed by atoms with E-state index in [2.05, 4.69) is 26.1 Å². The second-order valence-corrected chi connectivity index (χ2v) is 5.05. The van der Waals surface area contributed by atoms with Gasteiger partial charge in [-0.15, -0.1) is 10.2 Å². The topological polar surface area (TPSA) is 72.1 Å². The highest BCUT2D eigenvalue weighted by Crippen LogP contribution is 2.13. The number of amides is 1. The van der Waals surface area contributed by atoms with Crippen LogP contribution in [-0.2, 0) is 6.54 Å². The summed E-state index contributed by atoms with van der Waals surface area (Å²) >= 11 is 3.40. The van der Waals surface area contributed by atoms with Crippen molar-refractivity contribution in [3.8, 4) is 0 Å². The van der Waals surface area contributed by atoms with Crippen molar-refractivity contribution < 1.29 is 4.79 Å². The van der Waals surface area contributed by atoms with Gasteiger partial charge in [0.2, 0.25) is 0 Å². The molecule has 0 saturated heterocycles. The summed E-state index contributed by atoms with van der Waals surface area (Å²) in [6.07, 6.45) is 0. The SMILES string of the molecule is CN(Cc1cccc(Br)c1)C(=O)c1ccc(N)nn1. The number of anilines is 1. The van der Waals surface area contributed by atoms with Gasteiger partial charge in [0.15, 0.2) is 5.69 Å². The van der Waals surface area contributed by atoms with E-state index in [0.29, 0.717) is 12.4 Å². The zero-order chi connectivity index (χ0) is 13.8. The molecule has 1 amide bonds. The number of carbonyl (C=O) groups is 1. The molecule has 0 unspecified atom stereocenters. The predicted molar refractivity (Wildman–Crippen MR) is 76.4 cm³/mol. The Bertz CT molecular complexity index is 585. The molecule has 2 aromatic rings. The third kappa shape index (κ3) is 3.51. The zero-order valence-corrected chi connectivity index (χ0v) is 12.0. The molecule has 0 aliphatic heterocycles. The molecule has 6 heteroatoms. The van der Waals surface area contributed by atoms with Gasteiger partial charge in [-0.2, -0.15) is 0 Å². The summed E-state index contributed by atoms with van der Waals surface area (Å²) in [6, 6.07) is 10.9. The summed E-state index contributed by atoms with van der Waals surface area (Å²) in [5.74, 6) is 0.110. The molecule has 98 valence electrons. The van der Waals surface area contributed by atoms with E-state index in [4.69, 9.17) is 5.73 Å². The number of nitrogens with zero attached hydrogens (tertiary/aromatic N) is 3. The second kappa shape index (κ2) is 5.79. The minimum absolute atomic E-state index is 0.188. The number of hydrogen-bond acceptors (Lipinski definition) is 4. The van der Waals surface area contributed by atoms with Crippen LogP contribution >= 0.6 is 15.9 Å². The highest BCUT2D eigenvalue weighted by atomic mass is 79.9. The van der Waals surface area contributed by atoms with Crippen molar-refractivity contribution in [1.29, 1.82) is 0 Å². The zero-order valence-electron chi connectivity index (χ0n) is 10.4. The molecule has 0 spiro atoms. The third-order valence-corrected chi connectivity index (χ3v) is 3.05. The van der Waals surface area contributed by atoms with Gasteiger partial charge in [0.1, 0.15) is 5.82 Å². The van der Waals surface area contributed by atoms with Gasteiger partial charge >= 0.3 is 0 Å². The first-order chi connectivity index (χ1) is 9.06. The standard InChI is InChI=1S/C13H13BrN4O/c1-18(8-9-3-2-4-10(14)7-9)13(19)11-5-6-12(15)17-16-11/h2-7H,8H2,1H3,(H2,15,17). The maximum Gasteiger partial charge on any atom is 0.274 e. The van der Waals surface area contributed by atoms with E-state index in [9.17, 15) is 4.79 Å². The lowest BCUT2D eigenvalue weighted by molar-refractivity contribution is 0.0778. The average Bonchev–Trinajstić information content (AvgIpc) is 2.39. The largest absolute Gasteiger partial charge is 0.382 e. The van der Waals surface area contributed by atoms with Crippen molar-refractivity contribution in [2.45, 2.75) is 6.54 Å². The van der Waals surface area contributed by atoms with Crippen LogP contribution in [0.2, 0.25) is 0 Å².